The number of aromatic nitrogens is 1. The maximum atomic E-state index is 11.8. The first-order valence-electron chi connectivity index (χ1n) is 8.23. The van der Waals surface area contributed by atoms with Gasteiger partial charge in [0.25, 0.3) is 0 Å². The van der Waals surface area contributed by atoms with Crippen LogP contribution in [0.25, 0.3) is 32.9 Å². The Morgan fingerprint density at radius 3 is 2.38 bits per heavy atom. The fourth-order valence-corrected chi connectivity index (χ4v) is 3.47. The molecule has 0 aliphatic carbocycles. The lowest BCUT2D eigenvalue weighted by Crippen LogP contribution is -2.30. The molecule has 0 amide bonds. The molecule has 3 aromatic carbocycles. The normalized spacial score (nSPS) is 11.0. The van der Waals surface area contributed by atoms with Crippen LogP contribution in [-0.2, 0) is 7.05 Å². The number of hydrogen-bond donors (Lipinski definition) is 1. The van der Waals surface area contributed by atoms with Crippen molar-refractivity contribution in [1.82, 2.24) is 0 Å². The van der Waals surface area contributed by atoms with Gasteiger partial charge < -0.3 is 5.11 Å². The van der Waals surface area contributed by atoms with Gasteiger partial charge in [0.1, 0.15) is 13.3 Å². The summed E-state index contributed by atoms with van der Waals surface area (Å²) < 4.78 is 2.07. The van der Waals surface area contributed by atoms with E-state index in [0.29, 0.717) is 11.1 Å². The Morgan fingerprint density at radius 2 is 1.69 bits per heavy atom. The van der Waals surface area contributed by atoms with Crippen molar-refractivity contribution in [2.45, 2.75) is 0 Å². The summed E-state index contributed by atoms with van der Waals surface area (Å²) in [5, 5.41) is 11.6. The summed E-state index contributed by atoms with van der Waals surface area (Å²) >= 11 is 0. The van der Waals surface area contributed by atoms with Gasteiger partial charge in [-0.25, -0.2) is 4.79 Å². The lowest BCUT2D eigenvalue weighted by molar-refractivity contribution is -0.617. The lowest BCUT2D eigenvalue weighted by atomic mass is 9.93. The predicted molar refractivity (Wildman–Crippen MR) is 100 cm³/mol. The highest BCUT2D eigenvalue weighted by Gasteiger charge is 2.20. The fraction of sp³-hybridized carbons (Fsp3) is 0.0455. The van der Waals surface area contributed by atoms with Crippen molar-refractivity contribution in [2.75, 3.05) is 0 Å². The van der Waals surface area contributed by atoms with Crippen LogP contribution < -0.4 is 4.57 Å². The molecular weight excluding hydrogens is 326 g/mol. The van der Waals surface area contributed by atoms with E-state index in [-0.39, 0.29) is 5.56 Å². The van der Waals surface area contributed by atoms with Gasteiger partial charge in [0.05, 0.1) is 10.9 Å². The average Bonchev–Trinajstić information content (AvgIpc) is 2.67. The number of benzene rings is 3. The van der Waals surface area contributed by atoms with Gasteiger partial charge in [0, 0.05) is 28.6 Å². The van der Waals surface area contributed by atoms with Gasteiger partial charge in [0.2, 0.25) is 11.0 Å². The highest BCUT2D eigenvalue weighted by atomic mass is 16.4. The first kappa shape index (κ1) is 16.0. The van der Waals surface area contributed by atoms with Gasteiger partial charge in [-0.3, -0.25) is 4.79 Å². The molecule has 0 bridgehead atoms. The largest absolute Gasteiger partial charge is 0.478 e. The van der Waals surface area contributed by atoms with Crippen molar-refractivity contribution in [3.63, 3.8) is 0 Å². The summed E-state index contributed by atoms with van der Waals surface area (Å²) in [6.07, 6.45) is 0.776. The second kappa shape index (κ2) is 6.08. The molecule has 1 aromatic heterocycles. The summed E-state index contributed by atoms with van der Waals surface area (Å²) in [6, 6.07) is 20.5. The van der Waals surface area contributed by atoms with E-state index in [0.717, 1.165) is 33.7 Å². The highest BCUT2D eigenvalue weighted by Crippen LogP contribution is 2.33. The SMILES string of the molecule is C[n+]1c2ccccc2cc2c(-c3ccc(C=O)cc3)c(C(=O)O)ccc21. The average molecular weight is 342 g/mol. The number of carbonyl (C=O) groups excluding carboxylic acids is 1. The number of rotatable bonds is 3. The van der Waals surface area contributed by atoms with Crippen molar-refractivity contribution < 1.29 is 19.3 Å². The molecule has 26 heavy (non-hydrogen) atoms. The minimum Gasteiger partial charge on any atom is -0.478 e. The van der Waals surface area contributed by atoms with Gasteiger partial charge in [0.15, 0.2) is 0 Å². The molecule has 0 atom stereocenters. The number of carboxylic acids is 1. The highest BCUT2D eigenvalue weighted by molar-refractivity contribution is 6.08. The zero-order valence-corrected chi connectivity index (χ0v) is 14.1. The number of aromatic carboxylic acids is 1. The molecule has 0 unspecified atom stereocenters. The Balaban J connectivity index is 2.14. The van der Waals surface area contributed by atoms with Crippen molar-refractivity contribution >= 4 is 34.1 Å². The molecule has 1 N–H and O–H groups in total. The minimum absolute atomic E-state index is 0.242. The molecule has 0 aliphatic heterocycles. The van der Waals surface area contributed by atoms with Gasteiger partial charge in [-0.15, -0.1) is 0 Å². The number of aldehydes is 1. The molecule has 0 aliphatic rings. The van der Waals surface area contributed by atoms with E-state index in [1.807, 2.05) is 43.4 Å². The van der Waals surface area contributed by atoms with E-state index in [9.17, 15) is 14.7 Å². The Kier molecular flexibility index (Phi) is 3.73. The van der Waals surface area contributed by atoms with Crippen LogP contribution in [0.15, 0.2) is 66.7 Å². The molecule has 0 fully saturated rings. The van der Waals surface area contributed by atoms with Crippen molar-refractivity contribution in [3.05, 3.63) is 77.9 Å². The summed E-state index contributed by atoms with van der Waals surface area (Å²) in [4.78, 5) is 22.8. The van der Waals surface area contributed by atoms with Gasteiger partial charge in [-0.2, -0.15) is 4.57 Å². The van der Waals surface area contributed by atoms with Crippen LogP contribution in [0.4, 0.5) is 0 Å². The number of nitrogens with zero attached hydrogens (tertiary/aromatic N) is 1. The van der Waals surface area contributed by atoms with Crippen molar-refractivity contribution in [3.8, 4) is 11.1 Å². The first-order valence-corrected chi connectivity index (χ1v) is 8.23. The van der Waals surface area contributed by atoms with E-state index in [1.54, 1.807) is 30.3 Å². The maximum Gasteiger partial charge on any atom is 0.336 e. The number of para-hydroxylation sites is 1. The standard InChI is InChI=1S/C22H15NO3/c1-23-19-5-3-2-4-16(19)12-18-20(23)11-10-17(22(25)26)21(18)15-8-6-14(13-24)7-9-15/h2-13H,1H3/p+1. The van der Waals surface area contributed by atoms with E-state index < -0.39 is 5.97 Å². The van der Waals surface area contributed by atoms with E-state index >= 15 is 0 Å². The molecule has 0 radical (unpaired) electrons. The van der Waals surface area contributed by atoms with E-state index in [2.05, 4.69) is 4.57 Å². The number of hydrogen-bond acceptors (Lipinski definition) is 2. The van der Waals surface area contributed by atoms with Crippen LogP contribution in [0.2, 0.25) is 0 Å². The molecule has 4 heteroatoms. The molecule has 0 saturated heterocycles. The molecule has 0 saturated carbocycles. The van der Waals surface area contributed by atoms with Crippen molar-refractivity contribution in [1.29, 1.82) is 0 Å². The van der Waals surface area contributed by atoms with Crippen LogP contribution in [0.1, 0.15) is 20.7 Å². The summed E-state index contributed by atoms with van der Waals surface area (Å²) in [5.41, 5.74) is 4.25. The molecule has 4 nitrogen and oxygen atoms in total. The third-order valence-electron chi connectivity index (χ3n) is 4.75. The molecule has 0 spiro atoms. The quantitative estimate of drug-likeness (QED) is 0.348. The topological polar surface area (TPSA) is 58.2 Å². The number of fused-ring (bicyclic) bond motifs is 2. The Morgan fingerprint density at radius 1 is 0.962 bits per heavy atom. The number of pyridine rings is 1. The minimum atomic E-state index is -0.975. The summed E-state index contributed by atoms with van der Waals surface area (Å²) in [7, 11) is 1.98. The third-order valence-corrected chi connectivity index (χ3v) is 4.75. The van der Waals surface area contributed by atoms with Crippen LogP contribution in [0, 0.1) is 0 Å². The smallest absolute Gasteiger partial charge is 0.336 e. The van der Waals surface area contributed by atoms with E-state index in [4.69, 9.17) is 0 Å². The predicted octanol–water partition coefficient (Wildman–Crippen LogP) is 4.00. The lowest BCUT2D eigenvalue weighted by Gasteiger charge is -2.11. The van der Waals surface area contributed by atoms with Gasteiger partial charge in [-0.1, -0.05) is 36.4 Å². The maximum absolute atomic E-state index is 11.8. The zero-order valence-electron chi connectivity index (χ0n) is 14.1. The van der Waals surface area contributed by atoms with Crippen LogP contribution >= 0.6 is 0 Å². The Hall–Kier alpha value is -3.53. The van der Waals surface area contributed by atoms with Gasteiger partial charge in [-0.05, 0) is 23.8 Å². The first-order chi connectivity index (χ1) is 12.6. The van der Waals surface area contributed by atoms with E-state index in [1.165, 1.54) is 0 Å². The summed E-state index contributed by atoms with van der Waals surface area (Å²) in [6.45, 7) is 0. The third kappa shape index (κ3) is 2.43. The summed E-state index contributed by atoms with van der Waals surface area (Å²) in [5.74, 6) is -0.975. The number of carbonyl (C=O) groups is 2. The molecule has 126 valence electrons. The second-order valence-electron chi connectivity index (χ2n) is 6.23. The second-order valence-corrected chi connectivity index (χ2v) is 6.23. The van der Waals surface area contributed by atoms with Crippen LogP contribution in [0.5, 0.6) is 0 Å². The zero-order chi connectivity index (χ0) is 18.3. The Labute approximate surface area is 149 Å². The number of aryl methyl sites for hydroxylation is 1. The van der Waals surface area contributed by atoms with Crippen molar-refractivity contribution in [2.24, 2.45) is 7.05 Å². The molecular formula is C22H16NO3+. The number of carboxylic acid groups (broad SMARTS) is 1. The Bertz CT molecular complexity index is 1180. The molecule has 1 heterocycles. The fourth-order valence-electron chi connectivity index (χ4n) is 3.47. The van der Waals surface area contributed by atoms with Crippen LogP contribution in [0.3, 0.4) is 0 Å². The molecule has 4 aromatic rings. The molecule has 4 rings (SSSR count). The van der Waals surface area contributed by atoms with Gasteiger partial charge >= 0.3 is 5.97 Å². The van der Waals surface area contributed by atoms with Crippen LogP contribution in [-0.4, -0.2) is 17.4 Å². The monoisotopic (exact) mass is 342 g/mol.